The minimum atomic E-state index is -0.0251. The summed E-state index contributed by atoms with van der Waals surface area (Å²) in [7, 11) is 0. The summed E-state index contributed by atoms with van der Waals surface area (Å²) in [6.45, 7) is 0.816. The summed E-state index contributed by atoms with van der Waals surface area (Å²) in [6, 6.07) is 7.31. The van der Waals surface area contributed by atoms with Crippen LogP contribution in [0.5, 0.6) is 0 Å². The largest absolute Gasteiger partial charge is 0.389 e. The maximum absolute atomic E-state index is 12.0. The Morgan fingerprint density at radius 3 is 2.90 bits per heavy atom. The lowest BCUT2D eigenvalue weighted by Crippen LogP contribution is -2.22. The van der Waals surface area contributed by atoms with Crippen molar-refractivity contribution in [1.29, 1.82) is 0 Å². The van der Waals surface area contributed by atoms with Gasteiger partial charge in [0, 0.05) is 18.6 Å². The van der Waals surface area contributed by atoms with Gasteiger partial charge in [-0.15, -0.1) is 0 Å². The van der Waals surface area contributed by atoms with E-state index < -0.39 is 0 Å². The molecule has 1 amide bonds. The Balaban J connectivity index is 1.86. The Morgan fingerprint density at radius 2 is 2.20 bits per heavy atom. The van der Waals surface area contributed by atoms with Crippen LogP contribution >= 0.6 is 12.2 Å². The summed E-state index contributed by atoms with van der Waals surface area (Å²) in [6.07, 6.45) is 4.81. The number of nitrogens with one attached hydrogen (secondary N) is 1. The van der Waals surface area contributed by atoms with Crippen LogP contribution in [0, 0.1) is 0 Å². The highest BCUT2D eigenvalue weighted by Gasteiger charge is 2.16. The highest BCUT2D eigenvalue weighted by atomic mass is 32.1. The van der Waals surface area contributed by atoms with Crippen molar-refractivity contribution < 1.29 is 9.53 Å². The number of thiocarbonyl (C=S) groups is 1. The van der Waals surface area contributed by atoms with E-state index >= 15 is 0 Å². The fourth-order valence-corrected chi connectivity index (χ4v) is 2.52. The quantitative estimate of drug-likeness (QED) is 0.819. The van der Waals surface area contributed by atoms with Gasteiger partial charge in [-0.3, -0.25) is 4.79 Å². The third kappa shape index (κ3) is 4.28. The lowest BCUT2D eigenvalue weighted by atomic mass is 10.0. The van der Waals surface area contributed by atoms with Gasteiger partial charge in [0.15, 0.2) is 0 Å². The first kappa shape index (κ1) is 14.9. The van der Waals surface area contributed by atoms with Crippen molar-refractivity contribution in [1.82, 2.24) is 0 Å². The van der Waals surface area contributed by atoms with Crippen molar-refractivity contribution >= 4 is 28.8 Å². The third-order valence-corrected chi connectivity index (χ3v) is 3.65. The van der Waals surface area contributed by atoms with E-state index in [1.807, 2.05) is 24.3 Å². The molecule has 1 heterocycles. The number of benzene rings is 1. The third-order valence-electron chi connectivity index (χ3n) is 3.43. The predicted molar refractivity (Wildman–Crippen MR) is 83.8 cm³/mol. The Kier molecular flexibility index (Phi) is 5.49. The number of hydrogen-bond donors (Lipinski definition) is 2. The molecule has 1 saturated heterocycles. The van der Waals surface area contributed by atoms with Gasteiger partial charge in [-0.05, 0) is 37.8 Å². The fourth-order valence-electron chi connectivity index (χ4n) is 2.35. The number of para-hydroxylation sites is 1. The number of nitrogens with two attached hydrogens (primary N) is 1. The molecule has 108 valence electrons. The zero-order valence-electron chi connectivity index (χ0n) is 11.4. The van der Waals surface area contributed by atoms with Crippen molar-refractivity contribution in [3.05, 3.63) is 29.8 Å². The molecule has 3 N–H and O–H groups in total. The van der Waals surface area contributed by atoms with Crippen LogP contribution in [0.1, 0.15) is 37.7 Å². The number of hydrogen-bond acceptors (Lipinski definition) is 3. The van der Waals surface area contributed by atoms with Gasteiger partial charge >= 0.3 is 0 Å². The standard InChI is InChI=1S/C15H20N2O2S/c16-15(20)12-6-1-2-7-13(12)17-14(18)9-8-11-5-3-4-10-19-11/h1-2,6-7,11H,3-5,8-10H2,(H2,16,20)(H,17,18). The summed E-state index contributed by atoms with van der Waals surface area (Å²) in [5.74, 6) is -0.0251. The van der Waals surface area contributed by atoms with Crippen LogP contribution in [-0.4, -0.2) is 23.6 Å². The van der Waals surface area contributed by atoms with Crippen LogP contribution in [0.25, 0.3) is 0 Å². The average Bonchev–Trinajstić information content (AvgIpc) is 2.46. The molecule has 1 aromatic rings. The van der Waals surface area contributed by atoms with Gasteiger partial charge in [-0.25, -0.2) is 0 Å². The van der Waals surface area contributed by atoms with Gasteiger partial charge in [0.1, 0.15) is 4.99 Å². The van der Waals surface area contributed by atoms with Crippen LogP contribution in [0.15, 0.2) is 24.3 Å². The molecule has 1 aliphatic heterocycles. The van der Waals surface area contributed by atoms with Crippen molar-refractivity contribution in [2.24, 2.45) is 5.73 Å². The fraction of sp³-hybridized carbons (Fsp3) is 0.467. The number of anilines is 1. The first-order chi connectivity index (χ1) is 9.66. The maximum atomic E-state index is 12.0. The molecular formula is C15H20N2O2S. The molecule has 1 aliphatic rings. The summed E-state index contributed by atoms with van der Waals surface area (Å²) in [5.41, 5.74) is 7.02. The molecule has 1 fully saturated rings. The molecule has 1 atom stereocenters. The van der Waals surface area contributed by atoms with Gasteiger partial charge in [-0.1, -0.05) is 24.4 Å². The van der Waals surface area contributed by atoms with Gasteiger partial charge in [0.2, 0.25) is 5.91 Å². The van der Waals surface area contributed by atoms with E-state index in [2.05, 4.69) is 5.32 Å². The highest BCUT2D eigenvalue weighted by molar-refractivity contribution is 7.80. The molecule has 0 aliphatic carbocycles. The molecule has 0 radical (unpaired) electrons. The monoisotopic (exact) mass is 292 g/mol. The van der Waals surface area contributed by atoms with E-state index in [0.717, 1.165) is 25.9 Å². The van der Waals surface area contributed by atoms with E-state index in [-0.39, 0.29) is 17.0 Å². The SMILES string of the molecule is NC(=S)c1ccccc1NC(=O)CCC1CCCCO1. The van der Waals surface area contributed by atoms with Gasteiger partial charge in [0.25, 0.3) is 0 Å². The normalized spacial score (nSPS) is 18.5. The Labute approximate surface area is 124 Å². The van der Waals surface area contributed by atoms with Gasteiger partial charge < -0.3 is 15.8 Å². The maximum Gasteiger partial charge on any atom is 0.224 e. The van der Waals surface area contributed by atoms with Gasteiger partial charge in [-0.2, -0.15) is 0 Å². The van der Waals surface area contributed by atoms with Crippen LogP contribution in [0.2, 0.25) is 0 Å². The number of ether oxygens (including phenoxy) is 1. The molecule has 20 heavy (non-hydrogen) atoms. The van der Waals surface area contributed by atoms with Crippen LogP contribution in [0.3, 0.4) is 0 Å². The van der Waals surface area contributed by atoms with Crippen molar-refractivity contribution in [2.45, 2.75) is 38.2 Å². The van der Waals surface area contributed by atoms with Crippen LogP contribution < -0.4 is 11.1 Å². The first-order valence-electron chi connectivity index (χ1n) is 6.97. The number of carbonyl (C=O) groups excluding carboxylic acids is 1. The number of carbonyl (C=O) groups is 1. The molecule has 4 nitrogen and oxygen atoms in total. The summed E-state index contributed by atoms with van der Waals surface area (Å²) in [4.78, 5) is 12.3. The summed E-state index contributed by atoms with van der Waals surface area (Å²) < 4.78 is 5.62. The van der Waals surface area contributed by atoms with E-state index in [1.165, 1.54) is 6.42 Å². The Bertz CT molecular complexity index is 485. The molecule has 1 unspecified atom stereocenters. The molecule has 5 heteroatoms. The minimum Gasteiger partial charge on any atom is -0.389 e. The zero-order chi connectivity index (χ0) is 14.4. The minimum absolute atomic E-state index is 0.0251. The predicted octanol–water partition coefficient (Wildman–Crippen LogP) is 2.61. The number of rotatable bonds is 5. The second-order valence-electron chi connectivity index (χ2n) is 4.99. The molecule has 0 saturated carbocycles. The van der Waals surface area contributed by atoms with E-state index in [0.29, 0.717) is 17.7 Å². The first-order valence-corrected chi connectivity index (χ1v) is 7.38. The smallest absolute Gasteiger partial charge is 0.224 e. The van der Waals surface area contributed by atoms with E-state index in [4.69, 9.17) is 22.7 Å². The highest BCUT2D eigenvalue weighted by Crippen LogP contribution is 2.19. The topological polar surface area (TPSA) is 64.3 Å². The molecule has 2 rings (SSSR count). The molecular weight excluding hydrogens is 272 g/mol. The van der Waals surface area contributed by atoms with Crippen LogP contribution in [-0.2, 0) is 9.53 Å². The molecule has 1 aromatic carbocycles. The second-order valence-corrected chi connectivity index (χ2v) is 5.43. The van der Waals surface area contributed by atoms with E-state index in [1.54, 1.807) is 0 Å². The second kappa shape index (κ2) is 7.36. The summed E-state index contributed by atoms with van der Waals surface area (Å²) >= 11 is 4.98. The van der Waals surface area contributed by atoms with E-state index in [9.17, 15) is 4.79 Å². The van der Waals surface area contributed by atoms with Crippen molar-refractivity contribution in [3.63, 3.8) is 0 Å². The Morgan fingerprint density at radius 1 is 1.40 bits per heavy atom. The lowest BCUT2D eigenvalue weighted by Gasteiger charge is -2.22. The molecule has 0 spiro atoms. The molecule has 0 bridgehead atoms. The zero-order valence-corrected chi connectivity index (χ0v) is 12.2. The van der Waals surface area contributed by atoms with Crippen LogP contribution in [0.4, 0.5) is 5.69 Å². The van der Waals surface area contributed by atoms with Gasteiger partial charge in [0.05, 0.1) is 11.8 Å². The molecule has 0 aromatic heterocycles. The summed E-state index contributed by atoms with van der Waals surface area (Å²) in [5, 5.41) is 2.87. The van der Waals surface area contributed by atoms with Crippen molar-refractivity contribution in [3.8, 4) is 0 Å². The lowest BCUT2D eigenvalue weighted by molar-refractivity contribution is -0.117. The average molecular weight is 292 g/mol. The van der Waals surface area contributed by atoms with Crippen molar-refractivity contribution in [2.75, 3.05) is 11.9 Å². The Hall–Kier alpha value is -1.46. The number of amides is 1.